The van der Waals surface area contributed by atoms with Crippen molar-refractivity contribution >= 4 is 11.6 Å². The molecule has 0 heterocycles. The van der Waals surface area contributed by atoms with Crippen LogP contribution in [0.2, 0.25) is 5.02 Å². The van der Waals surface area contributed by atoms with Crippen LogP contribution >= 0.6 is 11.6 Å². The first kappa shape index (κ1) is 10.9. The Hall–Kier alpha value is -0.560. The van der Waals surface area contributed by atoms with E-state index < -0.39 is 6.17 Å². The number of benzene rings is 1. The lowest BCUT2D eigenvalue weighted by atomic mass is 9.75. The van der Waals surface area contributed by atoms with Gasteiger partial charge < -0.3 is 0 Å². The van der Waals surface area contributed by atoms with Crippen molar-refractivity contribution in [2.24, 2.45) is 0 Å². The molecule has 82 valence electrons. The van der Waals surface area contributed by atoms with Gasteiger partial charge in [-0.05, 0) is 37.5 Å². The average Bonchev–Trinajstić information content (AvgIpc) is 2.69. The van der Waals surface area contributed by atoms with Gasteiger partial charge >= 0.3 is 0 Å². The van der Waals surface area contributed by atoms with Crippen molar-refractivity contribution in [3.05, 3.63) is 34.9 Å². The summed E-state index contributed by atoms with van der Waals surface area (Å²) >= 11 is 5.85. The Morgan fingerprint density at radius 2 is 1.73 bits per heavy atom. The van der Waals surface area contributed by atoms with Crippen molar-refractivity contribution in [1.82, 2.24) is 0 Å². The van der Waals surface area contributed by atoms with Gasteiger partial charge in [0.15, 0.2) is 0 Å². The molecular formula is C13H16ClF. The number of alkyl halides is 1. The zero-order valence-corrected chi connectivity index (χ0v) is 9.73. The molecule has 0 bridgehead atoms. The third kappa shape index (κ3) is 1.90. The van der Waals surface area contributed by atoms with Gasteiger partial charge in [0, 0.05) is 10.4 Å². The van der Waals surface area contributed by atoms with Gasteiger partial charge in [-0.1, -0.05) is 36.6 Å². The summed E-state index contributed by atoms with van der Waals surface area (Å²) in [4.78, 5) is 0. The molecule has 15 heavy (non-hydrogen) atoms. The van der Waals surface area contributed by atoms with Crippen LogP contribution in [0, 0.1) is 0 Å². The number of halogens is 2. The Bertz CT molecular complexity index is 323. The summed E-state index contributed by atoms with van der Waals surface area (Å²) in [7, 11) is 0. The molecule has 1 atom stereocenters. The Morgan fingerprint density at radius 1 is 1.20 bits per heavy atom. The number of hydrogen-bond donors (Lipinski definition) is 0. The minimum Gasteiger partial charge on any atom is -0.247 e. The zero-order chi connectivity index (χ0) is 10.9. The summed E-state index contributed by atoms with van der Waals surface area (Å²) in [5.74, 6) is 0. The molecule has 1 saturated carbocycles. The van der Waals surface area contributed by atoms with E-state index in [-0.39, 0.29) is 5.41 Å². The Morgan fingerprint density at radius 3 is 2.20 bits per heavy atom. The van der Waals surface area contributed by atoms with Crippen molar-refractivity contribution in [2.75, 3.05) is 0 Å². The Balaban J connectivity index is 2.36. The molecule has 0 aromatic heterocycles. The summed E-state index contributed by atoms with van der Waals surface area (Å²) in [6, 6.07) is 7.67. The quantitative estimate of drug-likeness (QED) is 0.696. The van der Waals surface area contributed by atoms with E-state index in [4.69, 9.17) is 11.6 Å². The normalized spacial score (nSPS) is 21.5. The molecule has 2 heteroatoms. The lowest BCUT2D eigenvalue weighted by Gasteiger charge is -2.31. The third-order valence-electron chi connectivity index (χ3n) is 3.68. The molecule has 1 aliphatic carbocycles. The van der Waals surface area contributed by atoms with Crippen LogP contribution in [0.5, 0.6) is 0 Å². The number of rotatable bonds is 2. The van der Waals surface area contributed by atoms with Gasteiger partial charge in [0.05, 0.1) is 0 Å². The lowest BCUT2D eigenvalue weighted by molar-refractivity contribution is 0.206. The maximum atomic E-state index is 13.8. The SMILES string of the molecule is CC(F)C1(c2ccc(Cl)cc2)CCCC1. The Kier molecular flexibility index (Phi) is 3.01. The monoisotopic (exact) mass is 226 g/mol. The van der Waals surface area contributed by atoms with Crippen LogP contribution in [0.15, 0.2) is 24.3 Å². The molecule has 0 aliphatic heterocycles. The lowest BCUT2D eigenvalue weighted by Crippen LogP contribution is -2.31. The van der Waals surface area contributed by atoms with Gasteiger partial charge in [-0.25, -0.2) is 4.39 Å². The van der Waals surface area contributed by atoms with Crippen LogP contribution in [0.4, 0.5) is 4.39 Å². The molecule has 0 radical (unpaired) electrons. The van der Waals surface area contributed by atoms with E-state index in [0.717, 1.165) is 36.3 Å². The first-order valence-corrected chi connectivity index (χ1v) is 5.93. The highest BCUT2D eigenvalue weighted by Crippen LogP contribution is 2.45. The van der Waals surface area contributed by atoms with Crippen LogP contribution in [-0.4, -0.2) is 6.17 Å². The van der Waals surface area contributed by atoms with Gasteiger partial charge in [0.1, 0.15) is 6.17 Å². The van der Waals surface area contributed by atoms with Gasteiger partial charge in [0.25, 0.3) is 0 Å². The molecule has 1 aromatic rings. The minimum atomic E-state index is -0.777. The second kappa shape index (κ2) is 4.13. The van der Waals surface area contributed by atoms with Gasteiger partial charge in [-0.15, -0.1) is 0 Å². The molecule has 0 amide bonds. The van der Waals surface area contributed by atoms with Crippen LogP contribution in [0.1, 0.15) is 38.2 Å². The van der Waals surface area contributed by atoms with Gasteiger partial charge in [0.2, 0.25) is 0 Å². The van der Waals surface area contributed by atoms with Gasteiger partial charge in [-0.2, -0.15) is 0 Å². The molecule has 1 aliphatic rings. The minimum absolute atomic E-state index is 0.245. The third-order valence-corrected chi connectivity index (χ3v) is 3.93. The van der Waals surface area contributed by atoms with Crippen LogP contribution in [0.3, 0.4) is 0 Å². The Labute approximate surface area is 95.4 Å². The van der Waals surface area contributed by atoms with Crippen molar-refractivity contribution in [2.45, 2.75) is 44.2 Å². The predicted molar refractivity (Wildman–Crippen MR) is 62.2 cm³/mol. The molecule has 0 nitrogen and oxygen atoms in total. The molecule has 0 saturated heterocycles. The van der Waals surface area contributed by atoms with Crippen molar-refractivity contribution in [1.29, 1.82) is 0 Å². The molecule has 1 fully saturated rings. The maximum absolute atomic E-state index is 13.8. The van der Waals surface area contributed by atoms with E-state index in [1.165, 1.54) is 0 Å². The predicted octanol–water partition coefficient (Wildman–Crippen LogP) is 4.51. The summed E-state index contributed by atoms with van der Waals surface area (Å²) in [5.41, 5.74) is 0.865. The highest BCUT2D eigenvalue weighted by molar-refractivity contribution is 6.30. The fraction of sp³-hybridized carbons (Fsp3) is 0.538. The van der Waals surface area contributed by atoms with E-state index in [9.17, 15) is 4.39 Å². The van der Waals surface area contributed by atoms with E-state index in [1.807, 2.05) is 24.3 Å². The van der Waals surface area contributed by atoms with Crippen molar-refractivity contribution < 1.29 is 4.39 Å². The van der Waals surface area contributed by atoms with Crippen LogP contribution in [-0.2, 0) is 5.41 Å². The molecule has 0 N–H and O–H groups in total. The smallest absolute Gasteiger partial charge is 0.107 e. The molecule has 1 aromatic carbocycles. The molecule has 0 spiro atoms. The van der Waals surface area contributed by atoms with Crippen LogP contribution in [0.25, 0.3) is 0 Å². The average molecular weight is 227 g/mol. The van der Waals surface area contributed by atoms with Crippen molar-refractivity contribution in [3.63, 3.8) is 0 Å². The fourth-order valence-corrected chi connectivity index (χ4v) is 2.83. The van der Waals surface area contributed by atoms with E-state index in [2.05, 4.69) is 0 Å². The first-order chi connectivity index (χ1) is 7.15. The summed E-state index contributed by atoms with van der Waals surface area (Å²) in [6.07, 6.45) is 3.42. The maximum Gasteiger partial charge on any atom is 0.107 e. The zero-order valence-electron chi connectivity index (χ0n) is 8.97. The second-order valence-electron chi connectivity index (χ2n) is 4.49. The summed E-state index contributed by atoms with van der Waals surface area (Å²) in [6.45, 7) is 1.68. The fourth-order valence-electron chi connectivity index (χ4n) is 2.70. The molecular weight excluding hydrogens is 211 g/mol. The molecule has 1 unspecified atom stereocenters. The largest absolute Gasteiger partial charge is 0.247 e. The van der Waals surface area contributed by atoms with Crippen molar-refractivity contribution in [3.8, 4) is 0 Å². The van der Waals surface area contributed by atoms with E-state index in [0.29, 0.717) is 0 Å². The molecule has 2 rings (SSSR count). The van der Waals surface area contributed by atoms with E-state index >= 15 is 0 Å². The standard InChI is InChI=1S/C13H16ClF/c1-10(15)13(8-2-3-9-13)11-4-6-12(14)7-5-11/h4-7,10H,2-3,8-9H2,1H3. The number of hydrogen-bond acceptors (Lipinski definition) is 0. The van der Waals surface area contributed by atoms with Gasteiger partial charge in [-0.3, -0.25) is 0 Å². The van der Waals surface area contributed by atoms with Crippen LogP contribution < -0.4 is 0 Å². The topological polar surface area (TPSA) is 0 Å². The summed E-state index contributed by atoms with van der Waals surface area (Å²) in [5, 5.41) is 0.721. The summed E-state index contributed by atoms with van der Waals surface area (Å²) < 4.78 is 13.8. The highest BCUT2D eigenvalue weighted by Gasteiger charge is 2.40. The first-order valence-electron chi connectivity index (χ1n) is 5.55. The highest BCUT2D eigenvalue weighted by atomic mass is 35.5. The second-order valence-corrected chi connectivity index (χ2v) is 4.92. The van der Waals surface area contributed by atoms with E-state index in [1.54, 1.807) is 6.92 Å².